The van der Waals surface area contributed by atoms with Gasteiger partial charge in [-0.2, -0.15) is 19.6 Å². The number of carbonyl (C=O) groups is 3. The van der Waals surface area contributed by atoms with Crippen molar-refractivity contribution >= 4 is 56.1 Å². The third-order valence-electron chi connectivity index (χ3n) is 13.4. The smallest absolute Gasteiger partial charge is 0.251 e. The van der Waals surface area contributed by atoms with Crippen molar-refractivity contribution in [2.45, 2.75) is 63.3 Å². The van der Waals surface area contributed by atoms with Crippen molar-refractivity contribution in [2.24, 2.45) is 5.41 Å². The Morgan fingerprint density at radius 2 is 1.75 bits per heavy atom. The van der Waals surface area contributed by atoms with E-state index in [-0.39, 0.29) is 48.9 Å². The Bertz CT molecular complexity index is 2660. The minimum Gasteiger partial charge on any atom is -0.371 e. The van der Waals surface area contributed by atoms with Crippen LogP contribution >= 0.6 is 0 Å². The number of benzene rings is 2. The molecular formula is C45H52N12O5S. The minimum atomic E-state index is -3.38. The molecule has 4 N–H and O–H groups in total. The third kappa shape index (κ3) is 8.64. The fourth-order valence-corrected chi connectivity index (χ4v) is 10.9. The van der Waals surface area contributed by atoms with Crippen molar-refractivity contribution in [1.29, 1.82) is 5.26 Å². The van der Waals surface area contributed by atoms with E-state index in [4.69, 9.17) is 4.98 Å². The number of nitrogens with one attached hydrogen (secondary N) is 4. The van der Waals surface area contributed by atoms with Crippen molar-refractivity contribution in [3.05, 3.63) is 84.3 Å². The highest BCUT2D eigenvalue weighted by Gasteiger charge is 2.50. The predicted octanol–water partition coefficient (Wildman–Crippen LogP) is 4.47. The first-order valence-corrected chi connectivity index (χ1v) is 23.4. The van der Waals surface area contributed by atoms with Gasteiger partial charge in [0.05, 0.1) is 36.1 Å². The number of rotatable bonds is 14. The summed E-state index contributed by atoms with van der Waals surface area (Å²) in [4.78, 5) is 54.6. The lowest BCUT2D eigenvalue weighted by Crippen LogP contribution is -2.64. The summed E-state index contributed by atoms with van der Waals surface area (Å²) < 4.78 is 28.0. The number of nitriles is 1. The van der Waals surface area contributed by atoms with Crippen LogP contribution in [0.3, 0.4) is 0 Å². The average molecular weight is 873 g/mol. The maximum atomic E-state index is 13.1. The van der Waals surface area contributed by atoms with E-state index in [0.717, 1.165) is 62.9 Å². The fraction of sp³-hybridized carbons (Fsp3) is 0.444. The summed E-state index contributed by atoms with van der Waals surface area (Å²) in [5.74, 6) is -0.447. The lowest BCUT2D eigenvalue weighted by atomic mass is 9.77. The number of hydrogen-bond acceptors (Lipinski definition) is 12. The van der Waals surface area contributed by atoms with E-state index in [2.05, 4.69) is 59.0 Å². The normalized spacial score (nSPS) is 20.1. The molecule has 4 aliphatic heterocycles. The maximum Gasteiger partial charge on any atom is 0.251 e. The van der Waals surface area contributed by atoms with Crippen molar-refractivity contribution in [1.82, 2.24) is 44.6 Å². The first-order chi connectivity index (χ1) is 30.4. The highest BCUT2D eigenvalue weighted by atomic mass is 32.2. The van der Waals surface area contributed by atoms with E-state index in [1.165, 1.54) is 16.4 Å². The number of aromatic nitrogens is 5. The van der Waals surface area contributed by atoms with Crippen LogP contribution < -0.4 is 20.9 Å². The number of fused-ring (bicyclic) bond motifs is 1. The number of imide groups is 1. The molecule has 9 rings (SSSR count). The Labute approximate surface area is 366 Å². The molecule has 3 amide bonds. The molecule has 3 aromatic heterocycles. The van der Waals surface area contributed by atoms with Crippen LogP contribution in [0.2, 0.25) is 0 Å². The molecule has 4 fully saturated rings. The molecule has 63 heavy (non-hydrogen) atoms. The maximum absolute atomic E-state index is 13.1. The molecule has 0 bridgehead atoms. The lowest BCUT2D eigenvalue weighted by molar-refractivity contribution is -0.134. The van der Waals surface area contributed by atoms with E-state index in [1.807, 2.05) is 36.5 Å². The Morgan fingerprint density at radius 3 is 2.48 bits per heavy atom. The summed E-state index contributed by atoms with van der Waals surface area (Å²) in [7, 11) is -3.38. The van der Waals surface area contributed by atoms with Crippen LogP contribution in [0.1, 0.15) is 73.7 Å². The molecule has 1 unspecified atom stereocenters. The summed E-state index contributed by atoms with van der Waals surface area (Å²) >= 11 is 0. The first-order valence-electron chi connectivity index (χ1n) is 21.8. The van der Waals surface area contributed by atoms with E-state index in [0.29, 0.717) is 58.9 Å². The van der Waals surface area contributed by atoms with Crippen LogP contribution in [0.25, 0.3) is 22.3 Å². The number of hydrogen-bond donors (Lipinski definition) is 4. The minimum absolute atomic E-state index is 0.00196. The molecule has 5 aromatic rings. The van der Waals surface area contributed by atoms with Gasteiger partial charge in [0, 0.05) is 86.0 Å². The molecule has 1 spiro atoms. The zero-order valence-corrected chi connectivity index (χ0v) is 36.2. The Hall–Kier alpha value is -6.16. The molecule has 328 valence electrons. The molecule has 0 aliphatic carbocycles. The molecule has 0 radical (unpaired) electrons. The summed E-state index contributed by atoms with van der Waals surface area (Å²) in [6, 6.07) is 19.6. The third-order valence-corrected chi connectivity index (χ3v) is 15.2. The van der Waals surface area contributed by atoms with Crippen molar-refractivity contribution < 1.29 is 22.8 Å². The SMILES string of the molecule is CCS(=O)(=O)N1CC(CC#N)(n2cc(-c3nc(Nc4ccc(C(=O)NCCCN5CCC6(CCN(c7ccc(C8CCC(=O)NC8=O)cc7)CC6)C5)cc4)nc4[nH]ccc34)cn2)C1. The monoisotopic (exact) mass is 872 g/mol. The number of sulfonamides is 1. The number of H-pyrrole nitrogens is 1. The van der Waals surface area contributed by atoms with Gasteiger partial charge in [0.25, 0.3) is 5.91 Å². The van der Waals surface area contributed by atoms with Crippen LogP contribution in [0.15, 0.2) is 73.2 Å². The number of anilines is 3. The molecule has 7 heterocycles. The van der Waals surface area contributed by atoms with E-state index < -0.39 is 15.6 Å². The molecule has 17 nitrogen and oxygen atoms in total. The number of nitrogens with zero attached hydrogens (tertiary/aromatic N) is 8. The highest BCUT2D eigenvalue weighted by molar-refractivity contribution is 7.89. The van der Waals surface area contributed by atoms with Crippen LogP contribution in [-0.2, 0) is 25.2 Å². The van der Waals surface area contributed by atoms with Gasteiger partial charge in [-0.05, 0) is 106 Å². The van der Waals surface area contributed by atoms with Gasteiger partial charge in [0.1, 0.15) is 11.2 Å². The van der Waals surface area contributed by atoms with E-state index in [1.54, 1.807) is 36.1 Å². The number of piperidine rings is 2. The summed E-state index contributed by atoms with van der Waals surface area (Å²) in [5, 5.41) is 23.7. The van der Waals surface area contributed by atoms with E-state index >= 15 is 0 Å². The quantitative estimate of drug-likeness (QED) is 0.0899. The van der Waals surface area contributed by atoms with Gasteiger partial charge >= 0.3 is 0 Å². The zero-order chi connectivity index (χ0) is 43.8. The van der Waals surface area contributed by atoms with Crippen LogP contribution in [-0.4, -0.2) is 118 Å². The molecule has 18 heteroatoms. The zero-order valence-electron chi connectivity index (χ0n) is 35.3. The van der Waals surface area contributed by atoms with Crippen molar-refractivity contribution in [2.75, 3.05) is 68.3 Å². The second-order valence-corrected chi connectivity index (χ2v) is 19.7. The van der Waals surface area contributed by atoms with Crippen molar-refractivity contribution in [3.63, 3.8) is 0 Å². The Morgan fingerprint density at radius 1 is 0.984 bits per heavy atom. The second-order valence-electron chi connectivity index (χ2n) is 17.5. The van der Waals surface area contributed by atoms with Crippen LogP contribution in [0.4, 0.5) is 17.3 Å². The summed E-state index contributed by atoms with van der Waals surface area (Å²) in [5.41, 5.74) is 4.91. The Kier molecular flexibility index (Phi) is 11.5. The van der Waals surface area contributed by atoms with E-state index in [9.17, 15) is 28.1 Å². The second kappa shape index (κ2) is 17.2. The topological polar surface area (TPSA) is 214 Å². The summed E-state index contributed by atoms with van der Waals surface area (Å²) in [6.45, 7) is 7.65. The predicted molar refractivity (Wildman–Crippen MR) is 238 cm³/mol. The van der Waals surface area contributed by atoms with Gasteiger partial charge in [-0.1, -0.05) is 12.1 Å². The molecular weight excluding hydrogens is 821 g/mol. The summed E-state index contributed by atoms with van der Waals surface area (Å²) in [6.07, 6.45) is 10.7. The molecule has 4 saturated heterocycles. The Balaban J connectivity index is 0.738. The van der Waals surface area contributed by atoms with Gasteiger partial charge in [0.15, 0.2) is 0 Å². The fourth-order valence-electron chi connectivity index (χ4n) is 9.63. The largest absolute Gasteiger partial charge is 0.371 e. The van der Waals surface area contributed by atoms with Gasteiger partial charge in [0.2, 0.25) is 27.8 Å². The van der Waals surface area contributed by atoms with Gasteiger partial charge in [-0.3, -0.25) is 24.4 Å². The average Bonchev–Trinajstić information content (AvgIpc) is 4.05. The molecule has 2 aromatic carbocycles. The van der Waals surface area contributed by atoms with Crippen LogP contribution in [0, 0.1) is 16.7 Å². The number of aromatic amines is 1. The standard InChI is InChI=1S/C45H52N12O5S/c1-2-63(61,62)56-29-45(30-56,15-19-46)57-27-33(26-49-57)39-37-14-21-47-40(37)53-43(52-39)50-34-8-4-32(5-9-34)41(59)48-20-3-22-54-23-16-44(28-54)17-24-55(25-18-44)35-10-6-31(7-11-35)36-12-13-38(58)51-42(36)60/h4-11,14,21,26-27,36H,2-3,12-13,15-18,20,22-25,28-30H2,1H3,(H,48,59)(H,51,58,60)(H2,47,50,52,53). The van der Waals surface area contributed by atoms with Gasteiger partial charge in [-0.25, -0.2) is 13.4 Å². The van der Waals surface area contributed by atoms with Gasteiger partial charge < -0.3 is 25.4 Å². The number of amides is 3. The van der Waals surface area contributed by atoms with Crippen molar-refractivity contribution in [3.8, 4) is 17.3 Å². The van der Waals surface area contributed by atoms with Crippen LogP contribution in [0.5, 0.6) is 0 Å². The first kappa shape index (κ1) is 42.2. The number of likely N-dealkylation sites (tertiary alicyclic amines) is 1. The number of carbonyl (C=O) groups excluding carboxylic acids is 3. The highest BCUT2D eigenvalue weighted by Crippen LogP contribution is 2.42. The van der Waals surface area contributed by atoms with Gasteiger partial charge in [-0.15, -0.1) is 0 Å². The molecule has 0 saturated carbocycles. The molecule has 1 atom stereocenters. The molecule has 4 aliphatic rings. The lowest BCUT2D eigenvalue weighted by Gasteiger charge is -2.47.